The zero-order valence-electron chi connectivity index (χ0n) is 11.5. The van der Waals surface area contributed by atoms with Crippen LogP contribution in [-0.2, 0) is 13.2 Å². The highest BCUT2D eigenvalue weighted by Gasteiger charge is 2.05. The zero-order valence-corrected chi connectivity index (χ0v) is 13.1. The Morgan fingerprint density at radius 1 is 1.10 bits per heavy atom. The van der Waals surface area contributed by atoms with Crippen LogP contribution in [0.25, 0.3) is 0 Å². The number of aryl methyl sites for hydroxylation is 1. The van der Waals surface area contributed by atoms with E-state index in [9.17, 15) is 5.11 Å². The van der Waals surface area contributed by atoms with E-state index in [-0.39, 0.29) is 6.61 Å². The Kier molecular flexibility index (Phi) is 5.04. The number of aliphatic hydroxyl groups excluding tert-OH is 1. The molecule has 0 saturated heterocycles. The molecule has 1 N–H and O–H groups in total. The molecule has 0 amide bonds. The van der Waals surface area contributed by atoms with Crippen LogP contribution in [0.1, 0.15) is 16.7 Å². The van der Waals surface area contributed by atoms with E-state index in [0.29, 0.717) is 12.4 Å². The summed E-state index contributed by atoms with van der Waals surface area (Å²) in [4.78, 5) is 0. The highest BCUT2D eigenvalue weighted by atomic mass is 79.9. The number of ether oxygens (including phenoxy) is 2. The van der Waals surface area contributed by atoms with Gasteiger partial charge in [-0.2, -0.15) is 0 Å². The SMILES string of the molecule is COc1ccc(COc2ccc(C)cc2CO)cc1Br. The maximum atomic E-state index is 9.35. The molecule has 0 unspecified atom stereocenters. The molecule has 2 aromatic carbocycles. The molecule has 0 atom stereocenters. The summed E-state index contributed by atoms with van der Waals surface area (Å²) in [6, 6.07) is 11.6. The topological polar surface area (TPSA) is 38.7 Å². The standard InChI is InChI=1S/C16H17BrO3/c1-11-3-5-15(13(7-11)9-18)20-10-12-4-6-16(19-2)14(17)8-12/h3-8,18H,9-10H2,1-2H3. The van der Waals surface area contributed by atoms with Crippen LogP contribution in [0, 0.1) is 6.92 Å². The van der Waals surface area contributed by atoms with Crippen molar-refractivity contribution in [3.8, 4) is 11.5 Å². The molecule has 4 heteroatoms. The van der Waals surface area contributed by atoms with E-state index in [0.717, 1.165) is 26.9 Å². The summed E-state index contributed by atoms with van der Waals surface area (Å²) >= 11 is 3.45. The number of hydrogen-bond acceptors (Lipinski definition) is 3. The van der Waals surface area contributed by atoms with Gasteiger partial charge in [0.1, 0.15) is 18.1 Å². The van der Waals surface area contributed by atoms with Crippen LogP contribution >= 0.6 is 15.9 Å². The number of methoxy groups -OCH3 is 1. The molecular formula is C16H17BrO3. The molecule has 20 heavy (non-hydrogen) atoms. The van der Waals surface area contributed by atoms with Gasteiger partial charge in [-0.05, 0) is 46.6 Å². The smallest absolute Gasteiger partial charge is 0.133 e. The van der Waals surface area contributed by atoms with Gasteiger partial charge in [-0.25, -0.2) is 0 Å². The Labute approximate surface area is 127 Å². The second kappa shape index (κ2) is 6.77. The van der Waals surface area contributed by atoms with Gasteiger partial charge in [-0.1, -0.05) is 23.8 Å². The lowest BCUT2D eigenvalue weighted by atomic mass is 10.1. The molecule has 0 spiro atoms. The van der Waals surface area contributed by atoms with Crippen molar-refractivity contribution in [2.45, 2.75) is 20.1 Å². The molecule has 0 fully saturated rings. The van der Waals surface area contributed by atoms with Crippen LogP contribution in [-0.4, -0.2) is 12.2 Å². The third-order valence-corrected chi connectivity index (χ3v) is 3.62. The van der Waals surface area contributed by atoms with Gasteiger partial charge in [-0.15, -0.1) is 0 Å². The second-order valence-electron chi connectivity index (χ2n) is 4.53. The Morgan fingerprint density at radius 2 is 1.85 bits per heavy atom. The van der Waals surface area contributed by atoms with Gasteiger partial charge in [0.15, 0.2) is 0 Å². The summed E-state index contributed by atoms with van der Waals surface area (Å²) in [5, 5.41) is 9.35. The average molecular weight is 337 g/mol. The van der Waals surface area contributed by atoms with Crippen molar-refractivity contribution < 1.29 is 14.6 Å². The first kappa shape index (κ1) is 14.9. The van der Waals surface area contributed by atoms with Gasteiger partial charge in [0.05, 0.1) is 18.2 Å². The van der Waals surface area contributed by atoms with Gasteiger partial charge < -0.3 is 14.6 Å². The number of aliphatic hydroxyl groups is 1. The van der Waals surface area contributed by atoms with Gasteiger partial charge in [-0.3, -0.25) is 0 Å². The molecule has 0 heterocycles. The molecule has 0 aliphatic rings. The van der Waals surface area contributed by atoms with E-state index in [1.54, 1.807) is 7.11 Å². The largest absolute Gasteiger partial charge is 0.496 e. The summed E-state index contributed by atoms with van der Waals surface area (Å²) < 4.78 is 11.9. The highest BCUT2D eigenvalue weighted by molar-refractivity contribution is 9.10. The summed E-state index contributed by atoms with van der Waals surface area (Å²) in [5.41, 5.74) is 2.94. The maximum Gasteiger partial charge on any atom is 0.133 e. The van der Waals surface area contributed by atoms with Crippen molar-refractivity contribution in [3.05, 3.63) is 57.6 Å². The number of hydrogen-bond donors (Lipinski definition) is 1. The van der Waals surface area contributed by atoms with E-state index >= 15 is 0 Å². The van der Waals surface area contributed by atoms with Crippen molar-refractivity contribution >= 4 is 15.9 Å². The molecule has 2 rings (SSSR count). The zero-order chi connectivity index (χ0) is 14.5. The molecule has 0 aliphatic carbocycles. The van der Waals surface area contributed by atoms with Crippen LogP contribution in [0.2, 0.25) is 0 Å². The first-order chi connectivity index (χ1) is 9.63. The number of benzene rings is 2. The van der Waals surface area contributed by atoms with E-state index < -0.39 is 0 Å². The molecule has 0 aromatic heterocycles. The minimum Gasteiger partial charge on any atom is -0.496 e. The predicted octanol–water partition coefficient (Wildman–Crippen LogP) is 3.84. The minimum absolute atomic E-state index is 0.0245. The Morgan fingerprint density at radius 3 is 2.50 bits per heavy atom. The van der Waals surface area contributed by atoms with Crippen molar-refractivity contribution in [1.82, 2.24) is 0 Å². The third-order valence-electron chi connectivity index (χ3n) is 3.00. The lowest BCUT2D eigenvalue weighted by molar-refractivity contribution is 0.259. The summed E-state index contributed by atoms with van der Waals surface area (Å²) in [5.74, 6) is 1.50. The van der Waals surface area contributed by atoms with Gasteiger partial charge in [0.2, 0.25) is 0 Å². The lowest BCUT2D eigenvalue weighted by Crippen LogP contribution is -1.99. The number of halogens is 1. The fraction of sp³-hybridized carbons (Fsp3) is 0.250. The Hall–Kier alpha value is -1.52. The molecule has 106 valence electrons. The fourth-order valence-electron chi connectivity index (χ4n) is 1.93. The molecule has 0 radical (unpaired) electrons. The predicted molar refractivity (Wildman–Crippen MR) is 82.1 cm³/mol. The van der Waals surface area contributed by atoms with E-state index in [1.165, 1.54) is 0 Å². The van der Waals surface area contributed by atoms with Crippen LogP contribution in [0.15, 0.2) is 40.9 Å². The van der Waals surface area contributed by atoms with Crippen LogP contribution in [0.4, 0.5) is 0 Å². The Balaban J connectivity index is 2.10. The van der Waals surface area contributed by atoms with Crippen LogP contribution < -0.4 is 9.47 Å². The highest BCUT2D eigenvalue weighted by Crippen LogP contribution is 2.27. The lowest BCUT2D eigenvalue weighted by Gasteiger charge is -2.12. The first-order valence-electron chi connectivity index (χ1n) is 6.29. The van der Waals surface area contributed by atoms with E-state index in [4.69, 9.17) is 9.47 Å². The van der Waals surface area contributed by atoms with Crippen molar-refractivity contribution in [1.29, 1.82) is 0 Å². The van der Waals surface area contributed by atoms with Crippen LogP contribution in [0.5, 0.6) is 11.5 Å². The van der Waals surface area contributed by atoms with Crippen molar-refractivity contribution in [3.63, 3.8) is 0 Å². The van der Waals surface area contributed by atoms with Crippen LogP contribution in [0.3, 0.4) is 0 Å². The molecule has 0 saturated carbocycles. The third kappa shape index (κ3) is 3.52. The monoisotopic (exact) mass is 336 g/mol. The quantitative estimate of drug-likeness (QED) is 0.901. The summed E-state index contributed by atoms with van der Waals surface area (Å²) in [6.45, 7) is 2.41. The van der Waals surface area contributed by atoms with Crippen molar-refractivity contribution in [2.24, 2.45) is 0 Å². The van der Waals surface area contributed by atoms with Gasteiger partial charge >= 0.3 is 0 Å². The molecule has 0 bridgehead atoms. The summed E-state index contributed by atoms with van der Waals surface area (Å²) in [7, 11) is 1.64. The molecule has 3 nitrogen and oxygen atoms in total. The van der Waals surface area contributed by atoms with E-state index in [1.807, 2.05) is 43.3 Å². The minimum atomic E-state index is -0.0245. The molecule has 2 aromatic rings. The molecular weight excluding hydrogens is 320 g/mol. The molecule has 0 aliphatic heterocycles. The average Bonchev–Trinajstić information content (AvgIpc) is 2.46. The fourth-order valence-corrected chi connectivity index (χ4v) is 2.52. The normalized spacial score (nSPS) is 10.4. The maximum absolute atomic E-state index is 9.35. The second-order valence-corrected chi connectivity index (χ2v) is 5.38. The van der Waals surface area contributed by atoms with Crippen molar-refractivity contribution in [2.75, 3.05) is 7.11 Å². The summed E-state index contributed by atoms with van der Waals surface area (Å²) in [6.07, 6.45) is 0. The number of rotatable bonds is 5. The van der Waals surface area contributed by atoms with Gasteiger partial charge in [0, 0.05) is 5.56 Å². The first-order valence-corrected chi connectivity index (χ1v) is 7.09. The van der Waals surface area contributed by atoms with Gasteiger partial charge in [0.25, 0.3) is 0 Å². The van der Waals surface area contributed by atoms with E-state index in [2.05, 4.69) is 15.9 Å². The Bertz CT molecular complexity index is 596.